The second-order valence-electron chi connectivity index (χ2n) is 7.05. The lowest BCUT2D eigenvalue weighted by atomic mass is 10.0. The maximum absolute atomic E-state index is 12.4. The van der Waals surface area contributed by atoms with Crippen LogP contribution < -0.4 is 14.8 Å². The van der Waals surface area contributed by atoms with Gasteiger partial charge in [-0.1, -0.05) is 36.7 Å². The minimum atomic E-state index is -0.194. The Bertz CT molecular complexity index is 824. The van der Waals surface area contributed by atoms with E-state index in [1.54, 1.807) is 38.4 Å². The molecule has 2 aromatic carbocycles. The highest BCUT2D eigenvalue weighted by Gasteiger charge is 2.17. The molecule has 0 aromatic heterocycles. The van der Waals surface area contributed by atoms with Gasteiger partial charge >= 0.3 is 0 Å². The molecule has 2 amide bonds. The molecule has 1 atom stereocenters. The van der Waals surface area contributed by atoms with E-state index in [1.807, 2.05) is 31.2 Å². The Morgan fingerprint density at radius 1 is 1.07 bits per heavy atom. The number of carbonyl (C=O) groups excluding carboxylic acids is 2. The van der Waals surface area contributed by atoms with Crippen molar-refractivity contribution in [2.24, 2.45) is 0 Å². The fourth-order valence-electron chi connectivity index (χ4n) is 2.79. The number of nitrogens with one attached hydrogen (secondary N) is 1. The number of rotatable bonds is 11. The number of hydrogen-bond acceptors (Lipinski definition) is 4. The molecule has 0 saturated heterocycles. The Labute approximate surface area is 183 Å². The summed E-state index contributed by atoms with van der Waals surface area (Å²) in [6.45, 7) is 2.39. The summed E-state index contributed by atoms with van der Waals surface area (Å²) in [4.78, 5) is 25.7. The molecule has 1 unspecified atom stereocenters. The van der Waals surface area contributed by atoms with Gasteiger partial charge in [-0.2, -0.15) is 0 Å². The van der Waals surface area contributed by atoms with Crippen LogP contribution in [0.5, 0.6) is 11.5 Å². The van der Waals surface area contributed by atoms with E-state index in [-0.39, 0.29) is 24.5 Å². The number of amides is 2. The zero-order valence-electron chi connectivity index (χ0n) is 17.7. The van der Waals surface area contributed by atoms with Crippen molar-refractivity contribution in [3.8, 4) is 11.5 Å². The predicted molar refractivity (Wildman–Crippen MR) is 118 cm³/mol. The van der Waals surface area contributed by atoms with Crippen LogP contribution in [0.2, 0.25) is 5.02 Å². The predicted octanol–water partition coefficient (Wildman–Crippen LogP) is 4.23. The Morgan fingerprint density at radius 3 is 2.43 bits per heavy atom. The third kappa shape index (κ3) is 7.59. The first-order chi connectivity index (χ1) is 14.4. The fourth-order valence-corrected chi connectivity index (χ4v) is 2.91. The largest absolute Gasteiger partial charge is 0.494 e. The molecule has 0 radical (unpaired) electrons. The molecule has 0 aliphatic heterocycles. The monoisotopic (exact) mass is 432 g/mol. The molecule has 0 spiro atoms. The van der Waals surface area contributed by atoms with Crippen molar-refractivity contribution in [3.05, 3.63) is 59.1 Å². The normalized spacial score (nSPS) is 11.5. The number of benzene rings is 2. The number of ether oxygens (including phenoxy) is 2. The summed E-state index contributed by atoms with van der Waals surface area (Å²) >= 11 is 5.85. The topological polar surface area (TPSA) is 67.9 Å². The Morgan fingerprint density at radius 2 is 1.77 bits per heavy atom. The number of hydrogen-bond donors (Lipinski definition) is 1. The lowest BCUT2D eigenvalue weighted by Crippen LogP contribution is -2.30. The van der Waals surface area contributed by atoms with Crippen LogP contribution in [0.3, 0.4) is 0 Å². The zero-order valence-corrected chi connectivity index (χ0v) is 18.4. The number of carbonyl (C=O) groups is 2. The van der Waals surface area contributed by atoms with E-state index in [2.05, 4.69) is 5.32 Å². The third-order valence-electron chi connectivity index (χ3n) is 4.52. The second kappa shape index (κ2) is 12.1. The van der Waals surface area contributed by atoms with Gasteiger partial charge in [0.2, 0.25) is 5.91 Å². The summed E-state index contributed by atoms with van der Waals surface area (Å²) in [6.07, 6.45) is 1.65. The van der Waals surface area contributed by atoms with Gasteiger partial charge in [0.15, 0.2) is 6.61 Å². The molecule has 0 bridgehead atoms. The van der Waals surface area contributed by atoms with Gasteiger partial charge in [0.1, 0.15) is 11.5 Å². The van der Waals surface area contributed by atoms with Crippen LogP contribution in [-0.4, -0.2) is 44.0 Å². The average molecular weight is 433 g/mol. The van der Waals surface area contributed by atoms with E-state index >= 15 is 0 Å². The van der Waals surface area contributed by atoms with Crippen LogP contribution in [0.25, 0.3) is 0 Å². The van der Waals surface area contributed by atoms with Crippen molar-refractivity contribution in [1.29, 1.82) is 0 Å². The fraction of sp³-hybridized carbons (Fsp3) is 0.391. The smallest absolute Gasteiger partial charge is 0.259 e. The van der Waals surface area contributed by atoms with Crippen LogP contribution in [0.1, 0.15) is 37.8 Å². The summed E-state index contributed by atoms with van der Waals surface area (Å²) < 4.78 is 11.3. The highest BCUT2D eigenvalue weighted by molar-refractivity contribution is 6.30. The van der Waals surface area contributed by atoms with E-state index in [1.165, 1.54) is 4.90 Å². The average Bonchev–Trinajstić information content (AvgIpc) is 2.74. The van der Waals surface area contributed by atoms with Crippen molar-refractivity contribution >= 4 is 23.4 Å². The van der Waals surface area contributed by atoms with Gasteiger partial charge in [0, 0.05) is 31.1 Å². The second-order valence-corrected chi connectivity index (χ2v) is 7.49. The first-order valence-electron chi connectivity index (χ1n) is 10.00. The highest BCUT2D eigenvalue weighted by Crippen LogP contribution is 2.27. The summed E-state index contributed by atoms with van der Waals surface area (Å²) in [7, 11) is 3.37. The molecule has 0 aliphatic rings. The molecule has 2 aromatic rings. The maximum atomic E-state index is 12.4. The number of nitrogens with zero attached hydrogens (tertiary/aromatic N) is 1. The Balaban J connectivity index is 1.86. The minimum Gasteiger partial charge on any atom is -0.494 e. The first kappa shape index (κ1) is 23.5. The first-order valence-corrected chi connectivity index (χ1v) is 10.4. The molecule has 2 rings (SSSR count). The quantitative estimate of drug-likeness (QED) is 0.539. The molecular weight excluding hydrogens is 404 g/mol. The van der Waals surface area contributed by atoms with Crippen molar-refractivity contribution in [2.75, 3.05) is 27.3 Å². The minimum absolute atomic E-state index is 0.0452. The third-order valence-corrected chi connectivity index (χ3v) is 4.77. The number of halogens is 1. The van der Waals surface area contributed by atoms with Gasteiger partial charge in [0.25, 0.3) is 5.91 Å². The molecule has 0 fully saturated rings. The van der Waals surface area contributed by atoms with Crippen molar-refractivity contribution < 1.29 is 19.1 Å². The standard InChI is InChI=1S/C23H29ClN2O4/c1-4-20(19-8-5-6-9-21(19)30-16-23(28)26(2)3)25-22(27)10-7-15-29-18-13-11-17(24)12-14-18/h5-6,8-9,11-14,20H,4,7,10,15-16H2,1-3H3,(H,25,27). The summed E-state index contributed by atoms with van der Waals surface area (Å²) in [5, 5.41) is 3.71. The molecule has 0 saturated carbocycles. The Hall–Kier alpha value is -2.73. The van der Waals surface area contributed by atoms with Gasteiger partial charge in [-0.05, 0) is 43.2 Å². The molecule has 6 nitrogen and oxygen atoms in total. The van der Waals surface area contributed by atoms with Crippen LogP contribution in [-0.2, 0) is 9.59 Å². The van der Waals surface area contributed by atoms with E-state index in [0.29, 0.717) is 36.6 Å². The number of likely N-dealkylation sites (N-methyl/N-ethyl adjacent to an activating group) is 1. The van der Waals surface area contributed by atoms with E-state index in [0.717, 1.165) is 11.3 Å². The molecule has 0 heterocycles. The molecule has 7 heteroatoms. The van der Waals surface area contributed by atoms with Gasteiger partial charge in [-0.15, -0.1) is 0 Å². The van der Waals surface area contributed by atoms with Gasteiger partial charge in [0.05, 0.1) is 12.6 Å². The van der Waals surface area contributed by atoms with Crippen molar-refractivity contribution in [1.82, 2.24) is 10.2 Å². The molecule has 1 N–H and O–H groups in total. The number of para-hydroxylation sites is 1. The van der Waals surface area contributed by atoms with Crippen LogP contribution in [0.15, 0.2) is 48.5 Å². The summed E-state index contributed by atoms with van der Waals surface area (Å²) in [5.74, 6) is 1.15. The van der Waals surface area contributed by atoms with Crippen molar-refractivity contribution in [2.45, 2.75) is 32.2 Å². The van der Waals surface area contributed by atoms with Gasteiger partial charge in [-0.25, -0.2) is 0 Å². The van der Waals surface area contributed by atoms with Crippen molar-refractivity contribution in [3.63, 3.8) is 0 Å². The lowest BCUT2D eigenvalue weighted by Gasteiger charge is -2.21. The highest BCUT2D eigenvalue weighted by atomic mass is 35.5. The zero-order chi connectivity index (χ0) is 21.9. The Kier molecular flexibility index (Phi) is 9.48. The molecule has 0 aliphatic carbocycles. The molecule has 162 valence electrons. The maximum Gasteiger partial charge on any atom is 0.259 e. The summed E-state index contributed by atoms with van der Waals surface area (Å²) in [6, 6.07) is 14.4. The van der Waals surface area contributed by atoms with Crippen LogP contribution in [0.4, 0.5) is 0 Å². The van der Waals surface area contributed by atoms with Gasteiger partial charge in [-0.3, -0.25) is 9.59 Å². The van der Waals surface area contributed by atoms with E-state index < -0.39 is 0 Å². The molecule has 30 heavy (non-hydrogen) atoms. The van der Waals surface area contributed by atoms with Gasteiger partial charge < -0.3 is 19.7 Å². The van der Waals surface area contributed by atoms with E-state index in [4.69, 9.17) is 21.1 Å². The van der Waals surface area contributed by atoms with Crippen LogP contribution >= 0.6 is 11.6 Å². The van der Waals surface area contributed by atoms with Crippen LogP contribution in [0, 0.1) is 0 Å². The molecular formula is C23H29ClN2O4. The van der Waals surface area contributed by atoms with E-state index in [9.17, 15) is 9.59 Å². The SMILES string of the molecule is CCC(NC(=O)CCCOc1ccc(Cl)cc1)c1ccccc1OCC(=O)N(C)C. The lowest BCUT2D eigenvalue weighted by molar-refractivity contribution is -0.130. The summed E-state index contributed by atoms with van der Waals surface area (Å²) in [5.41, 5.74) is 0.859.